The fourth-order valence-corrected chi connectivity index (χ4v) is 3.65. The lowest BCUT2D eigenvalue weighted by molar-refractivity contribution is 0.623. The molecule has 0 saturated carbocycles. The van der Waals surface area contributed by atoms with Gasteiger partial charge in [-0.3, -0.25) is 0 Å². The summed E-state index contributed by atoms with van der Waals surface area (Å²) >= 11 is 11.6. The third kappa shape index (κ3) is 3.61. The van der Waals surface area contributed by atoms with Gasteiger partial charge in [0.2, 0.25) is 0 Å². The molecule has 2 nitrogen and oxygen atoms in total. The first-order chi connectivity index (χ1) is 9.52. The molecule has 0 aliphatic rings. The van der Waals surface area contributed by atoms with Crippen LogP contribution in [0.4, 0.5) is 0 Å². The first-order valence-corrected chi connectivity index (χ1v) is 8.71. The van der Waals surface area contributed by atoms with E-state index in [0.29, 0.717) is 5.92 Å². The first-order valence-electron chi connectivity index (χ1n) is 6.66. The van der Waals surface area contributed by atoms with Crippen LogP contribution < -0.4 is 5.32 Å². The Balaban J connectivity index is 2.41. The molecule has 1 heterocycles. The molecule has 0 radical (unpaired) electrons. The number of nitrogens with one attached hydrogen (secondary N) is 1. The van der Waals surface area contributed by atoms with E-state index in [2.05, 4.69) is 53.5 Å². The van der Waals surface area contributed by atoms with E-state index in [4.69, 9.17) is 16.6 Å². The van der Waals surface area contributed by atoms with E-state index in [0.717, 1.165) is 32.3 Å². The Morgan fingerprint density at radius 3 is 2.75 bits per heavy atom. The lowest BCUT2D eigenvalue weighted by Crippen LogP contribution is -2.22. The summed E-state index contributed by atoms with van der Waals surface area (Å²) in [6.45, 7) is 7.28. The molecule has 20 heavy (non-hydrogen) atoms. The number of halogens is 2. The van der Waals surface area contributed by atoms with Crippen molar-refractivity contribution in [3.63, 3.8) is 0 Å². The molecule has 5 heteroatoms. The Morgan fingerprint density at radius 2 is 2.15 bits per heavy atom. The zero-order chi connectivity index (χ0) is 14.7. The molecule has 0 aliphatic heterocycles. The molecule has 1 aromatic carbocycles. The van der Waals surface area contributed by atoms with Crippen molar-refractivity contribution in [3.05, 3.63) is 49.3 Å². The average Bonchev–Trinajstić information content (AvgIpc) is 2.89. The van der Waals surface area contributed by atoms with Crippen LogP contribution in [0.25, 0.3) is 0 Å². The Bertz CT molecular complexity index is 583. The lowest BCUT2D eigenvalue weighted by Gasteiger charge is -2.17. The van der Waals surface area contributed by atoms with Crippen LogP contribution in [0.1, 0.15) is 49.0 Å². The highest BCUT2D eigenvalue weighted by Gasteiger charge is 2.20. The van der Waals surface area contributed by atoms with Gasteiger partial charge in [0.25, 0.3) is 0 Å². The fraction of sp³-hybridized carbons (Fsp3) is 0.400. The maximum absolute atomic E-state index is 6.36. The minimum Gasteiger partial charge on any atom is -0.304 e. The molecule has 108 valence electrons. The molecule has 1 atom stereocenters. The van der Waals surface area contributed by atoms with E-state index in [1.807, 2.05) is 12.1 Å². The van der Waals surface area contributed by atoms with E-state index in [1.165, 1.54) is 0 Å². The summed E-state index contributed by atoms with van der Waals surface area (Å²) in [4.78, 5) is 4.76. The average molecular weight is 374 g/mol. The van der Waals surface area contributed by atoms with Crippen LogP contribution in [0, 0.1) is 0 Å². The standard InChI is InChI=1S/C15H18BrClN2S/c1-4-18-14(11-7-10(16)5-6-12(11)17)15-19-13(8-20-15)9(2)3/h5-9,14,18H,4H2,1-3H3. The highest BCUT2D eigenvalue weighted by Crippen LogP contribution is 2.33. The summed E-state index contributed by atoms with van der Waals surface area (Å²) in [5, 5.41) is 7.44. The quantitative estimate of drug-likeness (QED) is 0.761. The zero-order valence-electron chi connectivity index (χ0n) is 11.8. The van der Waals surface area contributed by atoms with Gasteiger partial charge < -0.3 is 5.32 Å². The van der Waals surface area contributed by atoms with Crippen LogP contribution in [0.5, 0.6) is 0 Å². The smallest absolute Gasteiger partial charge is 0.114 e. The molecule has 2 aromatic rings. The molecule has 0 spiro atoms. The first kappa shape index (κ1) is 16.0. The van der Waals surface area contributed by atoms with Crippen LogP contribution >= 0.6 is 38.9 Å². The summed E-state index contributed by atoms with van der Waals surface area (Å²) in [7, 11) is 0. The number of benzene rings is 1. The fourth-order valence-electron chi connectivity index (χ4n) is 1.97. The van der Waals surface area contributed by atoms with E-state index < -0.39 is 0 Å². The van der Waals surface area contributed by atoms with Gasteiger partial charge in [-0.25, -0.2) is 4.98 Å². The van der Waals surface area contributed by atoms with Crippen molar-refractivity contribution in [2.24, 2.45) is 0 Å². The van der Waals surface area contributed by atoms with Crippen molar-refractivity contribution in [2.75, 3.05) is 6.54 Å². The van der Waals surface area contributed by atoms with E-state index in [1.54, 1.807) is 11.3 Å². The van der Waals surface area contributed by atoms with E-state index in [-0.39, 0.29) is 6.04 Å². The van der Waals surface area contributed by atoms with Gasteiger partial charge in [-0.15, -0.1) is 11.3 Å². The van der Waals surface area contributed by atoms with Gasteiger partial charge in [-0.05, 0) is 36.2 Å². The highest BCUT2D eigenvalue weighted by molar-refractivity contribution is 9.10. The molecule has 1 aromatic heterocycles. The van der Waals surface area contributed by atoms with Crippen molar-refractivity contribution in [3.8, 4) is 0 Å². The molecular weight excluding hydrogens is 356 g/mol. The summed E-state index contributed by atoms with van der Waals surface area (Å²) in [6, 6.07) is 5.98. The van der Waals surface area contributed by atoms with E-state index >= 15 is 0 Å². The molecule has 0 amide bonds. The van der Waals surface area contributed by atoms with Gasteiger partial charge >= 0.3 is 0 Å². The second-order valence-electron chi connectivity index (χ2n) is 4.92. The summed E-state index contributed by atoms with van der Waals surface area (Å²) in [5.41, 5.74) is 2.20. The Labute approximate surface area is 137 Å². The maximum atomic E-state index is 6.36. The third-order valence-electron chi connectivity index (χ3n) is 3.06. The molecule has 0 fully saturated rings. The predicted molar refractivity (Wildman–Crippen MR) is 90.9 cm³/mol. The van der Waals surface area contributed by atoms with Crippen LogP contribution in [0.3, 0.4) is 0 Å². The molecular formula is C15H18BrClN2S. The molecule has 0 saturated heterocycles. The summed E-state index contributed by atoms with van der Waals surface area (Å²) in [5.74, 6) is 0.445. The van der Waals surface area contributed by atoms with Crippen molar-refractivity contribution >= 4 is 38.9 Å². The van der Waals surface area contributed by atoms with Gasteiger partial charge in [-0.2, -0.15) is 0 Å². The minimum absolute atomic E-state index is 0.0440. The number of thiazole rings is 1. The highest BCUT2D eigenvalue weighted by atomic mass is 79.9. The number of aromatic nitrogens is 1. The van der Waals surface area contributed by atoms with E-state index in [9.17, 15) is 0 Å². The minimum atomic E-state index is 0.0440. The second-order valence-corrected chi connectivity index (χ2v) is 7.13. The number of rotatable bonds is 5. The van der Waals surface area contributed by atoms with Gasteiger partial charge in [0.15, 0.2) is 0 Å². The molecule has 0 aliphatic carbocycles. The van der Waals surface area contributed by atoms with Crippen LogP contribution in [-0.2, 0) is 0 Å². The zero-order valence-corrected chi connectivity index (χ0v) is 14.9. The maximum Gasteiger partial charge on any atom is 0.114 e. The number of nitrogens with zero attached hydrogens (tertiary/aromatic N) is 1. The largest absolute Gasteiger partial charge is 0.304 e. The summed E-state index contributed by atoms with van der Waals surface area (Å²) in [6.07, 6.45) is 0. The van der Waals surface area contributed by atoms with Crippen LogP contribution in [0.15, 0.2) is 28.1 Å². The van der Waals surface area contributed by atoms with Gasteiger partial charge in [-0.1, -0.05) is 48.3 Å². The Hall–Kier alpha value is -0.420. The molecule has 0 bridgehead atoms. The van der Waals surface area contributed by atoms with Gasteiger partial charge in [0, 0.05) is 14.9 Å². The van der Waals surface area contributed by atoms with Crippen molar-refractivity contribution in [2.45, 2.75) is 32.7 Å². The number of hydrogen-bond donors (Lipinski definition) is 1. The Kier molecular flexibility index (Phi) is 5.61. The van der Waals surface area contributed by atoms with Crippen molar-refractivity contribution in [1.82, 2.24) is 10.3 Å². The second kappa shape index (κ2) is 7.03. The van der Waals surface area contributed by atoms with Crippen LogP contribution in [0.2, 0.25) is 5.02 Å². The normalized spacial score (nSPS) is 12.9. The molecule has 1 unspecified atom stereocenters. The molecule has 2 rings (SSSR count). The van der Waals surface area contributed by atoms with Gasteiger partial charge in [0.05, 0.1) is 11.7 Å². The lowest BCUT2D eigenvalue weighted by atomic mass is 10.1. The summed E-state index contributed by atoms with van der Waals surface area (Å²) < 4.78 is 1.03. The third-order valence-corrected chi connectivity index (χ3v) is 4.82. The monoisotopic (exact) mass is 372 g/mol. The van der Waals surface area contributed by atoms with Crippen molar-refractivity contribution in [1.29, 1.82) is 0 Å². The molecule has 1 N–H and O–H groups in total. The van der Waals surface area contributed by atoms with Crippen LogP contribution in [-0.4, -0.2) is 11.5 Å². The van der Waals surface area contributed by atoms with Crippen molar-refractivity contribution < 1.29 is 0 Å². The van der Waals surface area contributed by atoms with Gasteiger partial charge in [0.1, 0.15) is 5.01 Å². The number of hydrogen-bond acceptors (Lipinski definition) is 3. The Morgan fingerprint density at radius 1 is 1.40 bits per heavy atom. The topological polar surface area (TPSA) is 24.9 Å². The SMILES string of the molecule is CCNC(c1nc(C(C)C)cs1)c1cc(Br)ccc1Cl. The predicted octanol–water partition coefficient (Wildman–Crippen LogP) is 5.38.